The molecule has 0 radical (unpaired) electrons. The number of benzene rings is 2. The van der Waals surface area contributed by atoms with Gasteiger partial charge >= 0.3 is 5.97 Å². The van der Waals surface area contributed by atoms with Gasteiger partial charge in [0.1, 0.15) is 5.82 Å². The van der Waals surface area contributed by atoms with Crippen LogP contribution in [0.3, 0.4) is 0 Å². The first-order valence-electron chi connectivity index (χ1n) is 12.1. The molecule has 3 N–H and O–H groups in total. The summed E-state index contributed by atoms with van der Waals surface area (Å²) >= 11 is 0. The summed E-state index contributed by atoms with van der Waals surface area (Å²) in [5, 5.41) is 21.1. The van der Waals surface area contributed by atoms with E-state index in [9.17, 15) is 27.8 Å². The highest BCUT2D eigenvalue weighted by atomic mass is 32.2. The van der Waals surface area contributed by atoms with Crippen molar-refractivity contribution in [2.24, 2.45) is 11.8 Å². The molecule has 0 spiro atoms. The zero-order chi connectivity index (χ0) is 26.3. The summed E-state index contributed by atoms with van der Waals surface area (Å²) in [6, 6.07) is 11.8. The third-order valence-electron chi connectivity index (χ3n) is 7.30. The van der Waals surface area contributed by atoms with Crippen LogP contribution in [0.25, 0.3) is 0 Å². The lowest BCUT2D eigenvalue weighted by molar-refractivity contribution is 0.0692. The number of nitrogens with zero attached hydrogens (tertiary/aromatic N) is 2. The van der Waals surface area contributed by atoms with Gasteiger partial charge < -0.3 is 15.6 Å². The van der Waals surface area contributed by atoms with Gasteiger partial charge in [0.2, 0.25) is 10.0 Å². The number of sulfonamides is 1. The fraction of sp³-hybridized carbons (Fsp3) is 0.296. The van der Waals surface area contributed by atoms with E-state index in [1.165, 1.54) is 40.7 Å². The summed E-state index contributed by atoms with van der Waals surface area (Å²) in [5.74, 6) is -1.69. The number of halogens is 1. The number of aliphatic hydroxyl groups excluding tert-OH is 1. The SMILES string of the molecule is C[C@H]1C2=CNN(c3ccc(F)cc3)C2=CC2=C1[C@@H](CN(CCO)S(=O)(=O)c1ccccc1C(=O)O)CC2. The van der Waals surface area contributed by atoms with E-state index in [4.69, 9.17) is 0 Å². The van der Waals surface area contributed by atoms with Crippen LogP contribution in [0, 0.1) is 17.7 Å². The van der Waals surface area contributed by atoms with Crippen molar-refractivity contribution in [1.29, 1.82) is 0 Å². The van der Waals surface area contributed by atoms with Crippen LogP contribution in [0.15, 0.2) is 88.1 Å². The van der Waals surface area contributed by atoms with Crippen molar-refractivity contribution in [1.82, 2.24) is 9.73 Å². The largest absolute Gasteiger partial charge is 0.478 e. The topological polar surface area (TPSA) is 110 Å². The van der Waals surface area contributed by atoms with Gasteiger partial charge in [-0.2, -0.15) is 4.31 Å². The second-order valence-corrected chi connectivity index (χ2v) is 11.3. The maximum absolute atomic E-state index is 13.6. The van der Waals surface area contributed by atoms with Gasteiger partial charge in [0.25, 0.3) is 0 Å². The summed E-state index contributed by atoms with van der Waals surface area (Å²) in [6.07, 6.45) is 5.55. The Morgan fingerprint density at radius 3 is 2.62 bits per heavy atom. The molecule has 5 rings (SSSR count). The number of hydrogen-bond donors (Lipinski definition) is 3. The molecule has 0 aromatic heterocycles. The molecule has 1 heterocycles. The van der Waals surface area contributed by atoms with E-state index >= 15 is 0 Å². The van der Waals surface area contributed by atoms with Crippen LogP contribution in [0.5, 0.6) is 0 Å². The molecule has 2 aromatic carbocycles. The van der Waals surface area contributed by atoms with Crippen molar-refractivity contribution in [3.8, 4) is 0 Å². The first-order valence-corrected chi connectivity index (χ1v) is 13.6. The number of nitrogens with one attached hydrogen (secondary N) is 1. The lowest BCUT2D eigenvalue weighted by Gasteiger charge is -2.32. The molecule has 0 unspecified atom stereocenters. The van der Waals surface area contributed by atoms with Gasteiger partial charge in [-0.25, -0.2) is 17.6 Å². The maximum atomic E-state index is 13.6. The smallest absolute Gasteiger partial charge is 0.337 e. The number of carbonyl (C=O) groups is 1. The highest BCUT2D eigenvalue weighted by molar-refractivity contribution is 7.89. The number of fused-ring (bicyclic) bond motifs is 1. The predicted molar refractivity (Wildman–Crippen MR) is 136 cm³/mol. The third kappa shape index (κ3) is 4.45. The Labute approximate surface area is 215 Å². The van der Waals surface area contributed by atoms with E-state index in [-0.39, 0.29) is 47.8 Å². The lowest BCUT2D eigenvalue weighted by atomic mass is 9.80. The molecule has 37 heavy (non-hydrogen) atoms. The quantitative estimate of drug-likeness (QED) is 0.483. The van der Waals surface area contributed by atoms with E-state index < -0.39 is 16.0 Å². The molecule has 0 fully saturated rings. The fourth-order valence-corrected chi connectivity index (χ4v) is 7.24. The van der Waals surface area contributed by atoms with Crippen molar-refractivity contribution in [3.63, 3.8) is 0 Å². The number of anilines is 1. The molecule has 0 bridgehead atoms. The molecule has 194 valence electrons. The van der Waals surface area contributed by atoms with Gasteiger partial charge in [-0.15, -0.1) is 0 Å². The average molecular weight is 526 g/mol. The van der Waals surface area contributed by atoms with Crippen molar-refractivity contribution >= 4 is 21.7 Å². The van der Waals surface area contributed by atoms with E-state index in [0.29, 0.717) is 0 Å². The molecule has 2 atom stereocenters. The van der Waals surface area contributed by atoms with E-state index in [1.54, 1.807) is 12.1 Å². The van der Waals surface area contributed by atoms with E-state index in [0.717, 1.165) is 40.9 Å². The molecule has 0 saturated heterocycles. The molecule has 10 heteroatoms. The lowest BCUT2D eigenvalue weighted by Crippen LogP contribution is -2.39. The Morgan fingerprint density at radius 1 is 1.19 bits per heavy atom. The number of carboxylic acids is 1. The molecule has 3 aliphatic rings. The summed E-state index contributed by atoms with van der Waals surface area (Å²) in [7, 11) is -4.16. The number of allylic oxidation sites excluding steroid dienone is 3. The summed E-state index contributed by atoms with van der Waals surface area (Å²) < 4.78 is 41.7. The second kappa shape index (κ2) is 9.77. The maximum Gasteiger partial charge on any atom is 0.337 e. The van der Waals surface area contributed by atoms with Crippen LogP contribution in [-0.2, 0) is 10.0 Å². The van der Waals surface area contributed by atoms with Gasteiger partial charge in [-0.05, 0) is 66.8 Å². The highest BCUT2D eigenvalue weighted by Gasteiger charge is 2.40. The second-order valence-electron chi connectivity index (χ2n) is 9.40. The summed E-state index contributed by atoms with van der Waals surface area (Å²) in [6.45, 7) is 1.72. The normalized spacial score (nSPS) is 20.9. The van der Waals surface area contributed by atoms with Crippen LogP contribution in [0.4, 0.5) is 10.1 Å². The van der Waals surface area contributed by atoms with Crippen molar-refractivity contribution in [2.45, 2.75) is 24.7 Å². The predicted octanol–water partition coefficient (Wildman–Crippen LogP) is 3.66. The Morgan fingerprint density at radius 2 is 1.92 bits per heavy atom. The highest BCUT2D eigenvalue weighted by Crippen LogP contribution is 2.48. The van der Waals surface area contributed by atoms with Crippen molar-refractivity contribution < 1.29 is 27.8 Å². The minimum Gasteiger partial charge on any atom is -0.478 e. The molecular formula is C27H28FN3O5S. The minimum atomic E-state index is -4.16. The van der Waals surface area contributed by atoms with Gasteiger partial charge in [-0.1, -0.05) is 24.6 Å². The van der Waals surface area contributed by atoms with Gasteiger partial charge in [0.15, 0.2) is 0 Å². The van der Waals surface area contributed by atoms with Gasteiger partial charge in [-0.3, -0.25) is 5.01 Å². The monoisotopic (exact) mass is 525 g/mol. The molecule has 1 aliphatic heterocycles. The third-order valence-corrected chi connectivity index (χ3v) is 9.22. The fourth-order valence-electron chi connectivity index (χ4n) is 5.58. The molecular weight excluding hydrogens is 497 g/mol. The van der Waals surface area contributed by atoms with Gasteiger partial charge in [0.05, 0.1) is 28.5 Å². The van der Waals surface area contributed by atoms with Crippen LogP contribution in [0.2, 0.25) is 0 Å². The number of hydrazine groups is 1. The number of carboxylic acid groups (broad SMARTS) is 1. The average Bonchev–Trinajstić information content (AvgIpc) is 3.49. The van der Waals surface area contributed by atoms with Crippen LogP contribution >= 0.6 is 0 Å². The van der Waals surface area contributed by atoms with Crippen molar-refractivity contribution in [2.75, 3.05) is 24.7 Å². The minimum absolute atomic E-state index is 0.0189. The number of rotatable bonds is 8. The first-order chi connectivity index (χ1) is 17.7. The van der Waals surface area contributed by atoms with Gasteiger partial charge in [0, 0.05) is 30.8 Å². The van der Waals surface area contributed by atoms with Crippen LogP contribution in [0.1, 0.15) is 30.1 Å². The number of aromatic carboxylic acids is 1. The Bertz CT molecular complexity index is 1430. The molecule has 2 aromatic rings. The molecule has 0 saturated carbocycles. The Balaban J connectivity index is 1.45. The zero-order valence-corrected chi connectivity index (χ0v) is 21.1. The first kappa shape index (κ1) is 25.2. The number of hydrogen-bond acceptors (Lipinski definition) is 6. The van der Waals surface area contributed by atoms with Crippen LogP contribution < -0.4 is 10.4 Å². The summed E-state index contributed by atoms with van der Waals surface area (Å²) in [4.78, 5) is 11.4. The van der Waals surface area contributed by atoms with E-state index in [1.807, 2.05) is 11.2 Å². The Kier molecular flexibility index (Phi) is 6.65. The summed E-state index contributed by atoms with van der Waals surface area (Å²) in [5.41, 5.74) is 8.11. The van der Waals surface area contributed by atoms with E-state index in [2.05, 4.69) is 18.4 Å². The van der Waals surface area contributed by atoms with Crippen LogP contribution in [-0.4, -0.2) is 48.6 Å². The molecule has 8 nitrogen and oxygen atoms in total. The van der Waals surface area contributed by atoms with Crippen molar-refractivity contribution in [3.05, 3.63) is 94.6 Å². The standard InChI is InChI=1S/C27H28FN3O5S/c1-17-23-15-29-31(21-10-8-20(28)9-11-21)24(23)14-18-6-7-19(26(17)18)16-30(12-13-32)37(35,36)25-5-3-2-4-22(25)27(33)34/h2-5,8-11,14-15,17,19,29,32H,6-7,12-13,16H2,1H3,(H,33,34)/t17-,19+/m0/s1. The zero-order valence-electron chi connectivity index (χ0n) is 20.3. The molecule has 0 amide bonds. The molecule has 2 aliphatic carbocycles. The number of aliphatic hydroxyl groups is 1. The Hall–Kier alpha value is -3.47.